The summed E-state index contributed by atoms with van der Waals surface area (Å²) < 4.78 is 41.6. The summed E-state index contributed by atoms with van der Waals surface area (Å²) in [6.07, 6.45) is -4.42. The summed E-state index contributed by atoms with van der Waals surface area (Å²) in [6.45, 7) is 3.85. The van der Waals surface area contributed by atoms with Crippen LogP contribution in [-0.4, -0.2) is 16.3 Å². The second kappa shape index (κ2) is 6.52. The number of thiazole rings is 2. The molecule has 0 bridgehead atoms. The Morgan fingerprint density at radius 1 is 1.12 bits per heavy atom. The number of nitrogens with zero attached hydrogens (tertiary/aromatic N) is 2. The Balaban J connectivity index is 1.84. The molecule has 3 aromatic rings. The molecule has 2 aromatic heterocycles. The first-order valence-electron chi connectivity index (χ1n) is 7.04. The van der Waals surface area contributed by atoms with Crippen molar-refractivity contribution in [3.8, 4) is 16.3 Å². The smallest absolute Gasteiger partial charge is 0.405 e. The second-order valence-corrected chi connectivity index (χ2v) is 7.25. The van der Waals surface area contributed by atoms with Crippen LogP contribution in [0.2, 0.25) is 0 Å². The number of rotatable bonds is 4. The first-order valence-corrected chi connectivity index (χ1v) is 8.74. The Hall–Kier alpha value is -1.93. The van der Waals surface area contributed by atoms with E-state index >= 15 is 0 Å². The zero-order chi connectivity index (χ0) is 17.3. The zero-order valence-electron chi connectivity index (χ0n) is 12.8. The molecule has 0 atom stereocenters. The molecule has 0 radical (unpaired) electrons. The molecule has 0 saturated heterocycles. The van der Waals surface area contributed by atoms with Gasteiger partial charge in [-0.05, 0) is 19.9 Å². The van der Waals surface area contributed by atoms with Crippen LogP contribution in [0.4, 0.5) is 13.2 Å². The molecule has 0 N–H and O–H groups in total. The molecule has 1 aromatic carbocycles. The molecule has 0 fully saturated rings. The van der Waals surface area contributed by atoms with E-state index in [1.54, 1.807) is 23.5 Å². The van der Waals surface area contributed by atoms with Gasteiger partial charge < -0.3 is 4.74 Å². The lowest BCUT2D eigenvalue weighted by Gasteiger charge is -2.12. The number of para-hydroxylation sites is 1. The summed E-state index contributed by atoms with van der Waals surface area (Å²) in [5.41, 5.74) is 2.18. The van der Waals surface area contributed by atoms with Gasteiger partial charge in [0, 0.05) is 17.4 Å². The highest BCUT2D eigenvalue weighted by Gasteiger charge is 2.32. The van der Waals surface area contributed by atoms with Crippen LogP contribution < -0.4 is 4.74 Å². The quantitative estimate of drug-likeness (QED) is 0.619. The van der Waals surface area contributed by atoms with Crippen molar-refractivity contribution >= 4 is 22.7 Å². The van der Waals surface area contributed by atoms with Crippen molar-refractivity contribution in [2.24, 2.45) is 0 Å². The molecule has 0 amide bonds. The average molecular weight is 370 g/mol. The third kappa shape index (κ3) is 3.93. The van der Waals surface area contributed by atoms with Crippen LogP contribution in [0.15, 0.2) is 29.6 Å². The van der Waals surface area contributed by atoms with Gasteiger partial charge in [0.05, 0.1) is 26.3 Å². The second-order valence-electron chi connectivity index (χ2n) is 5.11. The van der Waals surface area contributed by atoms with Gasteiger partial charge in [0.2, 0.25) is 0 Å². The van der Waals surface area contributed by atoms with Crippen LogP contribution in [0.1, 0.15) is 21.3 Å². The molecule has 0 spiro atoms. The van der Waals surface area contributed by atoms with Gasteiger partial charge in [0.25, 0.3) is 0 Å². The lowest BCUT2D eigenvalue weighted by molar-refractivity contribution is -0.274. The van der Waals surface area contributed by atoms with Gasteiger partial charge in [0.1, 0.15) is 5.75 Å². The van der Waals surface area contributed by atoms with Crippen LogP contribution in [0.3, 0.4) is 0 Å². The van der Waals surface area contributed by atoms with Gasteiger partial charge in [-0.25, -0.2) is 9.97 Å². The number of benzene rings is 1. The number of hydrogen-bond donors (Lipinski definition) is 0. The molecule has 0 aliphatic heterocycles. The van der Waals surface area contributed by atoms with Crippen molar-refractivity contribution in [2.45, 2.75) is 26.6 Å². The molecular formula is C16H13F3N2OS2. The summed E-state index contributed by atoms with van der Waals surface area (Å²) >= 11 is 2.97. The zero-order valence-corrected chi connectivity index (χ0v) is 14.5. The number of halogens is 3. The molecule has 0 saturated carbocycles. The van der Waals surface area contributed by atoms with Crippen molar-refractivity contribution in [1.82, 2.24) is 9.97 Å². The van der Waals surface area contributed by atoms with Gasteiger partial charge >= 0.3 is 6.36 Å². The Bertz CT molecular complexity index is 855. The fourth-order valence-electron chi connectivity index (χ4n) is 2.30. The van der Waals surface area contributed by atoms with E-state index in [-0.39, 0.29) is 12.2 Å². The number of hydrogen-bond acceptors (Lipinski definition) is 5. The molecule has 126 valence electrons. The predicted octanol–water partition coefficient (Wildman–Crippen LogP) is 5.37. The van der Waals surface area contributed by atoms with Gasteiger partial charge in [-0.1, -0.05) is 18.2 Å². The SMILES string of the molecule is Cc1nc(C)c(-c2csc(Cc3ccccc3OC(F)(F)F)n2)s1. The lowest BCUT2D eigenvalue weighted by Crippen LogP contribution is -2.18. The third-order valence-corrected chi connectivity index (χ3v) is 5.17. The minimum absolute atomic E-state index is 0.188. The van der Waals surface area contributed by atoms with Crippen LogP contribution in [-0.2, 0) is 6.42 Å². The van der Waals surface area contributed by atoms with Crippen molar-refractivity contribution in [1.29, 1.82) is 0 Å². The van der Waals surface area contributed by atoms with Crippen molar-refractivity contribution in [2.75, 3.05) is 0 Å². The Morgan fingerprint density at radius 2 is 1.88 bits per heavy atom. The van der Waals surface area contributed by atoms with E-state index in [2.05, 4.69) is 14.7 Å². The summed E-state index contributed by atoms with van der Waals surface area (Å²) in [7, 11) is 0. The third-order valence-electron chi connectivity index (χ3n) is 3.23. The van der Waals surface area contributed by atoms with Crippen LogP contribution in [0.5, 0.6) is 5.75 Å². The van der Waals surface area contributed by atoms with E-state index in [9.17, 15) is 13.2 Å². The number of alkyl halides is 3. The van der Waals surface area contributed by atoms with E-state index in [0.29, 0.717) is 5.56 Å². The van der Waals surface area contributed by atoms with E-state index in [1.165, 1.54) is 23.5 Å². The number of aromatic nitrogens is 2. The normalized spacial score (nSPS) is 11.7. The molecule has 24 heavy (non-hydrogen) atoms. The topological polar surface area (TPSA) is 35.0 Å². The van der Waals surface area contributed by atoms with Crippen LogP contribution >= 0.6 is 22.7 Å². The van der Waals surface area contributed by atoms with E-state index in [0.717, 1.165) is 26.3 Å². The number of aryl methyl sites for hydroxylation is 2. The Morgan fingerprint density at radius 3 is 2.54 bits per heavy atom. The average Bonchev–Trinajstić information content (AvgIpc) is 3.06. The minimum atomic E-state index is -4.71. The monoisotopic (exact) mass is 370 g/mol. The van der Waals surface area contributed by atoms with Gasteiger partial charge in [-0.2, -0.15) is 0 Å². The Kier molecular flexibility index (Phi) is 4.60. The fourth-order valence-corrected chi connectivity index (χ4v) is 4.07. The van der Waals surface area contributed by atoms with Crippen LogP contribution in [0.25, 0.3) is 10.6 Å². The highest BCUT2D eigenvalue weighted by molar-refractivity contribution is 7.15. The first-order chi connectivity index (χ1) is 11.3. The maximum absolute atomic E-state index is 12.5. The highest BCUT2D eigenvalue weighted by atomic mass is 32.1. The predicted molar refractivity (Wildman–Crippen MR) is 88.6 cm³/mol. The highest BCUT2D eigenvalue weighted by Crippen LogP contribution is 2.33. The number of ether oxygens (including phenoxy) is 1. The maximum Gasteiger partial charge on any atom is 0.573 e. The van der Waals surface area contributed by atoms with Crippen molar-refractivity contribution in [3.63, 3.8) is 0 Å². The first kappa shape index (κ1) is 16.9. The van der Waals surface area contributed by atoms with Gasteiger partial charge in [0.15, 0.2) is 0 Å². The van der Waals surface area contributed by atoms with E-state index in [1.807, 2.05) is 19.2 Å². The van der Waals surface area contributed by atoms with Crippen LogP contribution in [0, 0.1) is 13.8 Å². The minimum Gasteiger partial charge on any atom is -0.405 e. The van der Waals surface area contributed by atoms with Gasteiger partial charge in [-0.3, -0.25) is 0 Å². The summed E-state index contributed by atoms with van der Waals surface area (Å²) in [5, 5.41) is 3.59. The Labute approximate surface area is 144 Å². The van der Waals surface area contributed by atoms with Crippen molar-refractivity contribution in [3.05, 3.63) is 50.9 Å². The largest absolute Gasteiger partial charge is 0.573 e. The maximum atomic E-state index is 12.5. The summed E-state index contributed by atoms with van der Waals surface area (Å²) in [5.74, 6) is -0.188. The molecule has 3 rings (SSSR count). The fraction of sp³-hybridized carbons (Fsp3) is 0.250. The van der Waals surface area contributed by atoms with E-state index < -0.39 is 6.36 Å². The molecule has 0 aliphatic carbocycles. The molecule has 8 heteroatoms. The standard InChI is InChI=1S/C16H13F3N2OS2/c1-9-15(24-10(2)20-9)12-8-23-14(21-12)7-11-5-3-4-6-13(11)22-16(17,18)19/h3-6,8H,7H2,1-2H3. The molecule has 0 aliphatic rings. The molecular weight excluding hydrogens is 357 g/mol. The summed E-state index contributed by atoms with van der Waals surface area (Å²) in [4.78, 5) is 9.91. The lowest BCUT2D eigenvalue weighted by atomic mass is 10.1. The van der Waals surface area contributed by atoms with Crippen molar-refractivity contribution < 1.29 is 17.9 Å². The molecule has 2 heterocycles. The van der Waals surface area contributed by atoms with E-state index in [4.69, 9.17) is 0 Å². The summed E-state index contributed by atoms with van der Waals surface area (Å²) in [6, 6.07) is 6.13. The molecule has 0 unspecified atom stereocenters. The molecule has 3 nitrogen and oxygen atoms in total. The van der Waals surface area contributed by atoms with Gasteiger partial charge in [-0.15, -0.1) is 35.8 Å².